The molecule has 0 saturated heterocycles. The van der Waals surface area contributed by atoms with Crippen LogP contribution in [0.15, 0.2) is 24.3 Å². The van der Waals surface area contributed by atoms with Gasteiger partial charge in [0.15, 0.2) is 0 Å². The Balaban J connectivity index is 2.65. The summed E-state index contributed by atoms with van der Waals surface area (Å²) in [6.45, 7) is 6.27. The smallest absolute Gasteiger partial charge is 0.227 e. The summed E-state index contributed by atoms with van der Waals surface area (Å²) in [5.74, 6) is 0.801. The van der Waals surface area contributed by atoms with Crippen molar-refractivity contribution in [3.63, 3.8) is 0 Å². The molecule has 1 aromatic carbocycles. The van der Waals surface area contributed by atoms with Crippen LogP contribution in [0.1, 0.15) is 26.3 Å². The van der Waals surface area contributed by atoms with Gasteiger partial charge in [0.1, 0.15) is 5.75 Å². The average Bonchev–Trinajstić information content (AvgIpc) is 2.35. The van der Waals surface area contributed by atoms with Crippen molar-refractivity contribution in [1.29, 1.82) is 0 Å². The van der Waals surface area contributed by atoms with Crippen molar-refractivity contribution >= 4 is 5.91 Å². The van der Waals surface area contributed by atoms with E-state index in [2.05, 4.69) is 0 Å². The van der Waals surface area contributed by atoms with Crippen molar-refractivity contribution in [3.05, 3.63) is 29.8 Å². The highest BCUT2D eigenvalue weighted by Crippen LogP contribution is 2.13. The normalized spacial score (nSPS) is 11.2. The Labute approximate surface area is 115 Å². The monoisotopic (exact) mass is 265 g/mol. The van der Waals surface area contributed by atoms with E-state index in [9.17, 15) is 9.90 Å². The Morgan fingerprint density at radius 2 is 1.89 bits per heavy atom. The predicted molar refractivity (Wildman–Crippen MR) is 75.2 cm³/mol. The lowest BCUT2D eigenvalue weighted by Gasteiger charge is -2.28. The van der Waals surface area contributed by atoms with Crippen molar-refractivity contribution in [3.8, 4) is 5.75 Å². The highest BCUT2D eigenvalue weighted by molar-refractivity contribution is 5.78. The van der Waals surface area contributed by atoms with Crippen molar-refractivity contribution < 1.29 is 14.6 Å². The number of nitrogens with zero attached hydrogens (tertiary/aromatic N) is 1. The molecule has 0 bridgehead atoms. The molecule has 0 radical (unpaired) electrons. The van der Waals surface area contributed by atoms with Gasteiger partial charge in [-0.15, -0.1) is 0 Å². The molecule has 0 aliphatic heterocycles. The molecule has 1 amide bonds. The second-order valence-electron chi connectivity index (χ2n) is 5.25. The fourth-order valence-corrected chi connectivity index (χ4v) is 1.87. The molecule has 0 fully saturated rings. The second kappa shape index (κ2) is 6.57. The van der Waals surface area contributed by atoms with E-state index < -0.39 is 5.60 Å². The molecule has 0 aliphatic rings. The molecule has 0 unspecified atom stereocenters. The minimum Gasteiger partial charge on any atom is -0.497 e. The first-order chi connectivity index (χ1) is 8.85. The molecule has 4 nitrogen and oxygen atoms in total. The van der Waals surface area contributed by atoms with Crippen LogP contribution in [0.4, 0.5) is 0 Å². The van der Waals surface area contributed by atoms with Gasteiger partial charge in [-0.05, 0) is 38.5 Å². The van der Waals surface area contributed by atoms with E-state index in [1.54, 1.807) is 25.9 Å². The molecule has 0 atom stereocenters. The lowest BCUT2D eigenvalue weighted by Crippen LogP contribution is -2.42. The Bertz CT molecular complexity index is 406. The maximum atomic E-state index is 12.2. The lowest BCUT2D eigenvalue weighted by atomic mass is 10.1. The van der Waals surface area contributed by atoms with Gasteiger partial charge >= 0.3 is 0 Å². The molecule has 0 saturated carbocycles. The number of benzene rings is 1. The van der Waals surface area contributed by atoms with Crippen LogP contribution in [-0.4, -0.2) is 41.7 Å². The molecule has 1 rings (SSSR count). The third-order valence-corrected chi connectivity index (χ3v) is 2.83. The number of carbonyl (C=O) groups is 1. The predicted octanol–water partition coefficient (Wildman–Crippen LogP) is 1.86. The molecule has 106 valence electrons. The van der Waals surface area contributed by atoms with Crippen molar-refractivity contribution in [2.24, 2.45) is 0 Å². The van der Waals surface area contributed by atoms with E-state index >= 15 is 0 Å². The molecular formula is C15H23NO3. The average molecular weight is 265 g/mol. The maximum absolute atomic E-state index is 12.2. The number of rotatable bonds is 6. The van der Waals surface area contributed by atoms with Crippen LogP contribution < -0.4 is 4.74 Å². The first-order valence-corrected chi connectivity index (χ1v) is 6.49. The van der Waals surface area contributed by atoms with Gasteiger partial charge < -0.3 is 14.7 Å². The van der Waals surface area contributed by atoms with Gasteiger partial charge in [0.2, 0.25) is 5.91 Å². The van der Waals surface area contributed by atoms with E-state index in [4.69, 9.17) is 4.74 Å². The van der Waals surface area contributed by atoms with Gasteiger partial charge in [-0.1, -0.05) is 12.1 Å². The fraction of sp³-hybridized carbons (Fsp3) is 0.533. The first-order valence-electron chi connectivity index (χ1n) is 6.49. The highest BCUT2D eigenvalue weighted by Gasteiger charge is 2.21. The third kappa shape index (κ3) is 5.30. The largest absolute Gasteiger partial charge is 0.497 e. The Kier molecular flexibility index (Phi) is 5.36. The molecule has 19 heavy (non-hydrogen) atoms. The lowest BCUT2D eigenvalue weighted by molar-refractivity contribution is -0.133. The summed E-state index contributed by atoms with van der Waals surface area (Å²) in [7, 11) is 1.61. The molecule has 0 aromatic heterocycles. The summed E-state index contributed by atoms with van der Waals surface area (Å²) in [4.78, 5) is 13.8. The van der Waals surface area contributed by atoms with Gasteiger partial charge in [0, 0.05) is 13.1 Å². The van der Waals surface area contributed by atoms with E-state index in [0.717, 1.165) is 11.3 Å². The van der Waals surface area contributed by atoms with E-state index in [-0.39, 0.29) is 5.91 Å². The van der Waals surface area contributed by atoms with E-state index in [1.165, 1.54) is 0 Å². The van der Waals surface area contributed by atoms with Gasteiger partial charge in [0.05, 0.1) is 19.1 Å². The summed E-state index contributed by atoms with van der Waals surface area (Å²) in [6, 6.07) is 7.45. The van der Waals surface area contributed by atoms with E-state index in [1.807, 2.05) is 31.2 Å². The quantitative estimate of drug-likeness (QED) is 0.854. The van der Waals surface area contributed by atoms with Crippen molar-refractivity contribution in [2.75, 3.05) is 20.2 Å². The molecule has 0 heterocycles. The number of amides is 1. The Morgan fingerprint density at radius 1 is 1.32 bits per heavy atom. The third-order valence-electron chi connectivity index (χ3n) is 2.83. The number of ether oxygens (including phenoxy) is 1. The van der Waals surface area contributed by atoms with Gasteiger partial charge in [-0.25, -0.2) is 0 Å². The van der Waals surface area contributed by atoms with Crippen LogP contribution in [-0.2, 0) is 11.2 Å². The SMILES string of the molecule is CCN(CC(C)(C)O)C(=O)Cc1ccc(OC)cc1. The number of aliphatic hydroxyl groups is 1. The molecule has 1 aromatic rings. The zero-order chi connectivity index (χ0) is 14.5. The molecule has 1 N–H and O–H groups in total. The highest BCUT2D eigenvalue weighted by atomic mass is 16.5. The topological polar surface area (TPSA) is 49.8 Å². The number of likely N-dealkylation sites (N-methyl/N-ethyl adjacent to an activating group) is 1. The van der Waals surface area contributed by atoms with Gasteiger partial charge in [-0.3, -0.25) is 4.79 Å². The van der Waals surface area contributed by atoms with Crippen LogP contribution in [0.2, 0.25) is 0 Å². The second-order valence-corrected chi connectivity index (χ2v) is 5.25. The molecular weight excluding hydrogens is 242 g/mol. The van der Waals surface area contributed by atoms with Crippen LogP contribution in [0.5, 0.6) is 5.75 Å². The van der Waals surface area contributed by atoms with Gasteiger partial charge in [-0.2, -0.15) is 0 Å². The fourth-order valence-electron chi connectivity index (χ4n) is 1.87. The standard InChI is InChI=1S/C15H23NO3/c1-5-16(11-15(2,3)18)14(17)10-12-6-8-13(19-4)9-7-12/h6-9,18H,5,10-11H2,1-4H3. The minimum atomic E-state index is -0.869. The van der Waals surface area contributed by atoms with E-state index in [0.29, 0.717) is 19.5 Å². The number of methoxy groups -OCH3 is 1. The van der Waals surface area contributed by atoms with Crippen LogP contribution in [0.3, 0.4) is 0 Å². The zero-order valence-electron chi connectivity index (χ0n) is 12.1. The van der Waals surface area contributed by atoms with Crippen LogP contribution in [0.25, 0.3) is 0 Å². The maximum Gasteiger partial charge on any atom is 0.227 e. The van der Waals surface area contributed by atoms with Crippen LogP contribution in [0, 0.1) is 0 Å². The molecule has 0 spiro atoms. The number of hydrogen-bond donors (Lipinski definition) is 1. The van der Waals surface area contributed by atoms with Crippen LogP contribution >= 0.6 is 0 Å². The number of hydrogen-bond acceptors (Lipinski definition) is 3. The Hall–Kier alpha value is -1.55. The minimum absolute atomic E-state index is 0.0230. The zero-order valence-corrected chi connectivity index (χ0v) is 12.1. The van der Waals surface area contributed by atoms with Gasteiger partial charge in [0.25, 0.3) is 0 Å². The summed E-state index contributed by atoms with van der Waals surface area (Å²) >= 11 is 0. The summed E-state index contributed by atoms with van der Waals surface area (Å²) in [5.41, 5.74) is 0.0750. The number of carbonyl (C=O) groups excluding carboxylic acids is 1. The molecule has 4 heteroatoms. The first kappa shape index (κ1) is 15.5. The Morgan fingerprint density at radius 3 is 2.32 bits per heavy atom. The summed E-state index contributed by atoms with van der Waals surface area (Å²) in [5, 5.41) is 9.79. The van der Waals surface area contributed by atoms with Crippen molar-refractivity contribution in [1.82, 2.24) is 4.90 Å². The summed E-state index contributed by atoms with van der Waals surface area (Å²) < 4.78 is 5.08. The van der Waals surface area contributed by atoms with Crippen molar-refractivity contribution in [2.45, 2.75) is 32.8 Å². The molecule has 0 aliphatic carbocycles. The summed E-state index contributed by atoms with van der Waals surface area (Å²) in [6.07, 6.45) is 0.341.